The van der Waals surface area contributed by atoms with Crippen molar-refractivity contribution in [2.75, 3.05) is 38.6 Å². The zero-order chi connectivity index (χ0) is 27.0. The van der Waals surface area contributed by atoms with Crippen molar-refractivity contribution in [1.29, 1.82) is 0 Å². The topological polar surface area (TPSA) is 169 Å². The third-order valence-corrected chi connectivity index (χ3v) is 8.56. The Morgan fingerprint density at radius 1 is 1.27 bits per heavy atom. The first kappa shape index (κ1) is 28.7. The molecule has 2 aliphatic heterocycles. The van der Waals surface area contributed by atoms with E-state index >= 15 is 0 Å². The Labute approximate surface area is 219 Å². The number of piperidine rings is 1. The Kier molecular flexibility index (Phi) is 10.2. The van der Waals surface area contributed by atoms with Crippen LogP contribution in [-0.2, 0) is 30.8 Å². The highest BCUT2D eigenvalue weighted by molar-refractivity contribution is 7.89. The normalized spacial score (nSPS) is 18.9. The summed E-state index contributed by atoms with van der Waals surface area (Å²) in [6, 6.07) is 4.29. The number of para-hydroxylation sites is 1. The summed E-state index contributed by atoms with van der Waals surface area (Å²) in [4.78, 5) is 30.8. The first-order valence-corrected chi connectivity index (χ1v) is 14.4. The lowest BCUT2D eigenvalue weighted by atomic mass is 9.92. The number of nitrogens with two attached hydrogens (primary N) is 2. The quantitative estimate of drug-likeness (QED) is 0.141. The molecule has 1 aromatic carbocycles. The number of nitrogens with zero attached hydrogens (tertiary/aromatic N) is 2. The van der Waals surface area contributed by atoms with E-state index in [-0.39, 0.29) is 29.2 Å². The lowest BCUT2D eigenvalue weighted by Gasteiger charge is -2.34. The molecule has 6 N–H and O–H groups in total. The number of ether oxygens (including phenoxy) is 1. The number of guanidine groups is 1. The first-order chi connectivity index (χ1) is 17.6. The highest BCUT2D eigenvalue weighted by Crippen LogP contribution is 2.31. The third kappa shape index (κ3) is 8.06. The zero-order valence-corrected chi connectivity index (χ0v) is 22.6. The molecule has 1 saturated heterocycles. The summed E-state index contributed by atoms with van der Waals surface area (Å²) in [7, 11) is -2.61. The second-order valence-corrected chi connectivity index (χ2v) is 11.7. The van der Waals surface area contributed by atoms with Gasteiger partial charge in [-0.2, -0.15) is 4.72 Å². The first-order valence-electron chi connectivity index (χ1n) is 12.9. The van der Waals surface area contributed by atoms with Crippen molar-refractivity contribution in [2.45, 2.75) is 62.8 Å². The number of fused-ring (bicyclic) bond motifs is 1. The summed E-state index contributed by atoms with van der Waals surface area (Å²) in [5, 5.41) is 3.25. The van der Waals surface area contributed by atoms with Crippen LogP contribution in [0.4, 0.5) is 5.69 Å². The molecular formula is C25H40N6O5S. The van der Waals surface area contributed by atoms with Gasteiger partial charge in [0, 0.05) is 32.6 Å². The molecule has 2 aliphatic rings. The maximum Gasteiger partial charge on any atom is 0.305 e. The van der Waals surface area contributed by atoms with Gasteiger partial charge in [-0.1, -0.05) is 19.1 Å². The van der Waals surface area contributed by atoms with Crippen LogP contribution in [0.25, 0.3) is 0 Å². The van der Waals surface area contributed by atoms with Crippen LogP contribution in [0, 0.1) is 11.8 Å². The molecule has 2 atom stereocenters. The molecule has 206 valence electrons. The number of likely N-dealkylation sites (tertiary alicyclic amines) is 1. The maximum atomic E-state index is 13.5. The smallest absolute Gasteiger partial charge is 0.305 e. The number of carbonyl (C=O) groups is 2. The molecule has 11 nitrogen and oxygen atoms in total. The van der Waals surface area contributed by atoms with Crippen molar-refractivity contribution in [3.63, 3.8) is 0 Å². The fraction of sp³-hybridized carbons (Fsp3) is 0.640. The summed E-state index contributed by atoms with van der Waals surface area (Å²) >= 11 is 0. The third-order valence-electron chi connectivity index (χ3n) is 7.05. The molecular weight excluding hydrogens is 496 g/mol. The van der Waals surface area contributed by atoms with Crippen LogP contribution < -0.4 is 21.5 Å². The van der Waals surface area contributed by atoms with Crippen molar-refractivity contribution in [3.05, 3.63) is 23.8 Å². The molecule has 1 amide bonds. The fourth-order valence-electron chi connectivity index (χ4n) is 4.97. The Balaban J connectivity index is 1.72. The number of methoxy groups -OCH3 is 1. The molecule has 3 rings (SSSR count). The number of hydrogen-bond acceptors (Lipinski definition) is 7. The molecule has 0 aromatic heterocycles. The molecule has 1 fully saturated rings. The van der Waals surface area contributed by atoms with Gasteiger partial charge in [0.2, 0.25) is 15.9 Å². The number of hydrogen-bond donors (Lipinski definition) is 4. The highest BCUT2D eigenvalue weighted by Gasteiger charge is 2.33. The molecule has 12 heteroatoms. The van der Waals surface area contributed by atoms with Gasteiger partial charge in [-0.05, 0) is 62.0 Å². The van der Waals surface area contributed by atoms with Crippen LogP contribution in [0.2, 0.25) is 0 Å². The van der Waals surface area contributed by atoms with Crippen LogP contribution in [-0.4, -0.2) is 70.5 Å². The van der Waals surface area contributed by atoms with Gasteiger partial charge in [-0.15, -0.1) is 0 Å². The lowest BCUT2D eigenvalue weighted by Crippen LogP contribution is -2.50. The fourth-order valence-corrected chi connectivity index (χ4v) is 6.42. The summed E-state index contributed by atoms with van der Waals surface area (Å²) in [5.41, 5.74) is 12.4. The van der Waals surface area contributed by atoms with Crippen LogP contribution in [0.1, 0.15) is 51.0 Å². The number of esters is 1. The Morgan fingerprint density at radius 3 is 2.68 bits per heavy atom. The number of nitrogens with one attached hydrogen (secondary N) is 2. The standard InChI is InChI=1S/C25H40N6O5S/c1-17-15-19-5-3-7-21(23(19)29-16-17)37(34,35)30-20(6-4-12-28-25(26)27)24(33)31-13-10-18(11-14-31)8-9-22(32)36-2/h3,5,7,17-18,20,29-30H,4,6,8-16H2,1-2H3,(H4,26,27,28)/t17-,20?/m0/s1. The molecule has 1 unspecified atom stereocenters. The van der Waals surface area contributed by atoms with Crippen molar-refractivity contribution in [2.24, 2.45) is 28.3 Å². The predicted octanol–water partition coefficient (Wildman–Crippen LogP) is 1.18. The number of anilines is 1. The van der Waals surface area contributed by atoms with E-state index in [0.29, 0.717) is 63.0 Å². The molecule has 0 aliphatic carbocycles. The number of benzene rings is 1. The molecule has 0 spiro atoms. The molecule has 37 heavy (non-hydrogen) atoms. The van der Waals surface area contributed by atoms with Crippen molar-refractivity contribution in [1.82, 2.24) is 9.62 Å². The van der Waals surface area contributed by atoms with E-state index in [1.165, 1.54) is 7.11 Å². The van der Waals surface area contributed by atoms with Gasteiger partial charge < -0.3 is 26.4 Å². The summed E-state index contributed by atoms with van der Waals surface area (Å²) in [6.07, 6.45) is 4.07. The van der Waals surface area contributed by atoms with E-state index in [4.69, 9.17) is 16.2 Å². The van der Waals surface area contributed by atoms with Crippen LogP contribution in [0.5, 0.6) is 0 Å². The minimum absolute atomic E-state index is 0.0475. The average Bonchev–Trinajstić information content (AvgIpc) is 2.88. The number of rotatable bonds is 11. The largest absolute Gasteiger partial charge is 0.469 e. The predicted molar refractivity (Wildman–Crippen MR) is 142 cm³/mol. The van der Waals surface area contributed by atoms with Gasteiger partial charge in [0.25, 0.3) is 0 Å². The number of amides is 1. The molecule has 2 heterocycles. The molecule has 1 aromatic rings. The molecule has 0 bridgehead atoms. The zero-order valence-electron chi connectivity index (χ0n) is 21.7. The van der Waals surface area contributed by atoms with E-state index in [2.05, 4.69) is 22.0 Å². The summed E-state index contributed by atoms with van der Waals surface area (Å²) in [5.74, 6) is 0.184. The SMILES string of the molecule is COC(=O)CCC1CCN(C(=O)C(CCCN=C(N)N)NS(=O)(=O)c2cccc3c2NC[C@@H](C)C3)CC1. The van der Waals surface area contributed by atoms with E-state index in [1.54, 1.807) is 17.0 Å². The van der Waals surface area contributed by atoms with Crippen molar-refractivity contribution in [3.8, 4) is 0 Å². The van der Waals surface area contributed by atoms with Gasteiger partial charge >= 0.3 is 5.97 Å². The molecule has 0 radical (unpaired) electrons. The van der Waals surface area contributed by atoms with Gasteiger partial charge in [-0.3, -0.25) is 14.6 Å². The average molecular weight is 537 g/mol. The highest BCUT2D eigenvalue weighted by atomic mass is 32.2. The van der Waals surface area contributed by atoms with Crippen LogP contribution in [0.15, 0.2) is 28.1 Å². The Morgan fingerprint density at radius 2 is 2.00 bits per heavy atom. The number of sulfonamides is 1. The second-order valence-electron chi connectivity index (χ2n) is 9.99. The van der Waals surface area contributed by atoms with E-state index in [1.807, 2.05) is 6.07 Å². The molecule has 0 saturated carbocycles. The van der Waals surface area contributed by atoms with Crippen LogP contribution >= 0.6 is 0 Å². The number of aliphatic imine (C=N–C) groups is 1. The van der Waals surface area contributed by atoms with Gasteiger partial charge in [0.1, 0.15) is 10.9 Å². The van der Waals surface area contributed by atoms with Crippen LogP contribution in [0.3, 0.4) is 0 Å². The minimum atomic E-state index is -3.98. The summed E-state index contributed by atoms with van der Waals surface area (Å²) < 4.78 is 34.4. The Bertz CT molecular complexity index is 1080. The van der Waals surface area contributed by atoms with E-state index in [9.17, 15) is 18.0 Å². The second kappa shape index (κ2) is 13.1. The summed E-state index contributed by atoms with van der Waals surface area (Å²) in [6.45, 7) is 4.11. The van der Waals surface area contributed by atoms with Gasteiger partial charge in [0.15, 0.2) is 5.96 Å². The monoisotopic (exact) mass is 536 g/mol. The lowest BCUT2D eigenvalue weighted by molar-refractivity contribution is -0.141. The van der Waals surface area contributed by atoms with Gasteiger partial charge in [-0.25, -0.2) is 8.42 Å². The maximum absolute atomic E-state index is 13.5. The minimum Gasteiger partial charge on any atom is -0.469 e. The van der Waals surface area contributed by atoms with E-state index in [0.717, 1.165) is 24.8 Å². The van der Waals surface area contributed by atoms with Crippen molar-refractivity contribution < 1.29 is 22.7 Å². The Hall–Kier alpha value is -2.86. The van der Waals surface area contributed by atoms with E-state index < -0.39 is 16.1 Å². The van der Waals surface area contributed by atoms with Crippen molar-refractivity contribution >= 4 is 33.5 Å². The number of carbonyl (C=O) groups excluding carboxylic acids is 2. The van der Waals surface area contributed by atoms with Gasteiger partial charge in [0.05, 0.1) is 12.8 Å².